The molecule has 0 atom stereocenters. The number of aryl methyl sites for hydroxylation is 1. The minimum Gasteiger partial charge on any atom is -0.490 e. The molecule has 7 heteroatoms. The van der Waals surface area contributed by atoms with E-state index in [9.17, 15) is 0 Å². The summed E-state index contributed by atoms with van der Waals surface area (Å²) >= 11 is 0. The van der Waals surface area contributed by atoms with Crippen LogP contribution in [0.2, 0.25) is 0 Å². The zero-order valence-corrected chi connectivity index (χ0v) is 17.8. The molecule has 1 fully saturated rings. The number of piperidine rings is 1. The molecule has 0 amide bonds. The molecular formula is C19H28IN5O. The number of rotatable bonds is 5. The normalized spacial score (nSPS) is 15.5. The molecule has 0 spiro atoms. The maximum absolute atomic E-state index is 6.06. The number of ether oxygens (including phenoxy) is 1. The fraction of sp³-hybridized carbons (Fsp3) is 0.474. The Bertz CT molecular complexity index is 680. The van der Waals surface area contributed by atoms with Gasteiger partial charge in [-0.3, -0.25) is 9.67 Å². The van der Waals surface area contributed by atoms with Crippen LogP contribution in [0.3, 0.4) is 0 Å². The number of nitrogens with zero attached hydrogens (tertiary/aromatic N) is 4. The molecule has 142 valence electrons. The van der Waals surface area contributed by atoms with Gasteiger partial charge in [-0.25, -0.2) is 0 Å². The van der Waals surface area contributed by atoms with Crippen molar-refractivity contribution in [2.75, 3.05) is 26.7 Å². The third-order valence-electron chi connectivity index (χ3n) is 4.39. The second-order valence-electron chi connectivity index (χ2n) is 6.37. The summed E-state index contributed by atoms with van der Waals surface area (Å²) in [6, 6.07) is 10.1. The highest BCUT2D eigenvalue weighted by molar-refractivity contribution is 14.0. The van der Waals surface area contributed by atoms with E-state index in [0.717, 1.165) is 50.7 Å². The fourth-order valence-electron chi connectivity index (χ4n) is 3.08. The number of hydrogen-bond acceptors (Lipinski definition) is 3. The lowest BCUT2D eigenvalue weighted by atomic mass is 10.1. The Morgan fingerprint density at radius 3 is 2.62 bits per heavy atom. The number of hydrogen-bond donors (Lipinski definition) is 1. The molecule has 1 aromatic heterocycles. The van der Waals surface area contributed by atoms with Gasteiger partial charge in [0.2, 0.25) is 0 Å². The van der Waals surface area contributed by atoms with Crippen LogP contribution in [0, 0.1) is 6.92 Å². The van der Waals surface area contributed by atoms with Crippen molar-refractivity contribution in [3.63, 3.8) is 0 Å². The lowest BCUT2D eigenvalue weighted by Crippen LogP contribution is -2.48. The third kappa shape index (κ3) is 5.89. The molecule has 1 aliphatic rings. The van der Waals surface area contributed by atoms with E-state index in [1.165, 1.54) is 5.56 Å². The van der Waals surface area contributed by atoms with E-state index in [1.807, 2.05) is 48.3 Å². The lowest BCUT2D eigenvalue weighted by Gasteiger charge is -2.34. The molecule has 3 rings (SSSR count). The van der Waals surface area contributed by atoms with Gasteiger partial charge >= 0.3 is 0 Å². The van der Waals surface area contributed by atoms with E-state index >= 15 is 0 Å². The van der Waals surface area contributed by atoms with Crippen molar-refractivity contribution >= 4 is 29.9 Å². The molecule has 6 nitrogen and oxygen atoms in total. The van der Waals surface area contributed by atoms with Crippen LogP contribution >= 0.6 is 24.0 Å². The number of likely N-dealkylation sites (tertiary alicyclic amines) is 1. The second kappa shape index (κ2) is 10.4. The first-order valence-electron chi connectivity index (χ1n) is 8.91. The van der Waals surface area contributed by atoms with Crippen LogP contribution in [0.15, 0.2) is 47.7 Å². The van der Waals surface area contributed by atoms with Crippen molar-refractivity contribution in [2.24, 2.45) is 4.99 Å². The van der Waals surface area contributed by atoms with Crippen molar-refractivity contribution in [1.29, 1.82) is 0 Å². The molecule has 0 saturated carbocycles. The summed E-state index contributed by atoms with van der Waals surface area (Å²) in [4.78, 5) is 6.72. The Hall–Kier alpha value is -1.77. The molecule has 26 heavy (non-hydrogen) atoms. The minimum atomic E-state index is 0. The van der Waals surface area contributed by atoms with Crippen LogP contribution in [0.1, 0.15) is 18.4 Å². The number of para-hydroxylation sites is 1. The molecular weight excluding hydrogens is 441 g/mol. The number of benzene rings is 1. The van der Waals surface area contributed by atoms with Gasteiger partial charge in [-0.05, 0) is 24.6 Å². The molecule has 1 aromatic carbocycles. The van der Waals surface area contributed by atoms with Gasteiger partial charge < -0.3 is 15.0 Å². The van der Waals surface area contributed by atoms with Gasteiger partial charge in [-0.15, -0.1) is 24.0 Å². The van der Waals surface area contributed by atoms with Gasteiger partial charge in [-0.1, -0.05) is 18.2 Å². The van der Waals surface area contributed by atoms with E-state index in [4.69, 9.17) is 4.74 Å². The van der Waals surface area contributed by atoms with Crippen molar-refractivity contribution in [3.05, 3.63) is 48.3 Å². The second-order valence-corrected chi connectivity index (χ2v) is 6.37. The molecule has 0 radical (unpaired) electrons. The van der Waals surface area contributed by atoms with Crippen LogP contribution in [0.4, 0.5) is 0 Å². The summed E-state index contributed by atoms with van der Waals surface area (Å²) in [6.45, 7) is 5.61. The van der Waals surface area contributed by atoms with E-state index in [0.29, 0.717) is 0 Å². The first kappa shape index (κ1) is 20.5. The van der Waals surface area contributed by atoms with Gasteiger partial charge in [0.25, 0.3) is 0 Å². The zero-order chi connectivity index (χ0) is 17.5. The Morgan fingerprint density at radius 2 is 2.00 bits per heavy atom. The van der Waals surface area contributed by atoms with Crippen LogP contribution < -0.4 is 10.1 Å². The Kier molecular flexibility index (Phi) is 8.21. The molecule has 0 unspecified atom stereocenters. The van der Waals surface area contributed by atoms with Gasteiger partial charge in [0, 0.05) is 45.7 Å². The average molecular weight is 469 g/mol. The molecule has 1 aliphatic heterocycles. The monoisotopic (exact) mass is 469 g/mol. The van der Waals surface area contributed by atoms with Gasteiger partial charge in [0.05, 0.1) is 12.7 Å². The fourth-order valence-corrected chi connectivity index (χ4v) is 3.08. The Balaban J connectivity index is 0.00000243. The van der Waals surface area contributed by atoms with Crippen LogP contribution in [-0.4, -0.2) is 53.4 Å². The van der Waals surface area contributed by atoms with E-state index in [2.05, 4.69) is 33.4 Å². The van der Waals surface area contributed by atoms with Gasteiger partial charge in [-0.2, -0.15) is 5.10 Å². The molecule has 2 aromatic rings. The summed E-state index contributed by atoms with van der Waals surface area (Å²) in [6.07, 6.45) is 6.23. The van der Waals surface area contributed by atoms with Gasteiger partial charge in [0.15, 0.2) is 5.96 Å². The van der Waals surface area contributed by atoms with Gasteiger partial charge in [0.1, 0.15) is 11.9 Å². The zero-order valence-electron chi connectivity index (χ0n) is 15.5. The highest BCUT2D eigenvalue weighted by Gasteiger charge is 2.22. The number of nitrogens with one attached hydrogen (secondary N) is 1. The standard InChI is InChI=1S/C19H27N5O.HI/c1-16-14-22-24(15-16)13-10-21-19(20-2)23-11-8-18(9-12-23)25-17-6-4-3-5-7-17;/h3-7,14-15,18H,8-13H2,1-2H3,(H,20,21);1H. The summed E-state index contributed by atoms with van der Waals surface area (Å²) < 4.78 is 8.01. The van der Waals surface area contributed by atoms with E-state index in [1.54, 1.807) is 0 Å². The first-order chi connectivity index (χ1) is 12.2. The number of aromatic nitrogens is 2. The maximum atomic E-state index is 6.06. The predicted molar refractivity (Wildman–Crippen MR) is 115 cm³/mol. The summed E-state index contributed by atoms with van der Waals surface area (Å²) in [5, 5.41) is 7.74. The van der Waals surface area contributed by atoms with E-state index in [-0.39, 0.29) is 30.1 Å². The molecule has 0 aliphatic carbocycles. The molecule has 0 bridgehead atoms. The molecule has 2 heterocycles. The summed E-state index contributed by atoms with van der Waals surface area (Å²) in [5.41, 5.74) is 1.19. The lowest BCUT2D eigenvalue weighted by molar-refractivity contribution is 0.129. The van der Waals surface area contributed by atoms with Crippen LogP contribution in [-0.2, 0) is 6.54 Å². The SMILES string of the molecule is CN=C(NCCn1cc(C)cn1)N1CCC(Oc2ccccc2)CC1.I. The maximum Gasteiger partial charge on any atom is 0.193 e. The first-order valence-corrected chi connectivity index (χ1v) is 8.91. The number of aliphatic imine (C=N–C) groups is 1. The Labute approximate surface area is 172 Å². The summed E-state index contributed by atoms with van der Waals surface area (Å²) in [7, 11) is 1.84. The highest BCUT2D eigenvalue weighted by Crippen LogP contribution is 2.18. The smallest absolute Gasteiger partial charge is 0.193 e. The topological polar surface area (TPSA) is 54.7 Å². The van der Waals surface area contributed by atoms with Crippen molar-refractivity contribution < 1.29 is 4.74 Å². The third-order valence-corrected chi connectivity index (χ3v) is 4.39. The highest BCUT2D eigenvalue weighted by atomic mass is 127. The average Bonchev–Trinajstić information content (AvgIpc) is 3.06. The molecule has 1 N–H and O–H groups in total. The molecule has 1 saturated heterocycles. The minimum absolute atomic E-state index is 0. The van der Waals surface area contributed by atoms with Crippen molar-refractivity contribution in [3.8, 4) is 5.75 Å². The predicted octanol–water partition coefficient (Wildman–Crippen LogP) is 2.93. The Morgan fingerprint density at radius 1 is 1.27 bits per heavy atom. The van der Waals surface area contributed by atoms with Crippen molar-refractivity contribution in [1.82, 2.24) is 20.0 Å². The quantitative estimate of drug-likeness (QED) is 0.416. The van der Waals surface area contributed by atoms with E-state index < -0.39 is 0 Å². The number of guanidine groups is 1. The summed E-state index contributed by atoms with van der Waals surface area (Å²) in [5.74, 6) is 1.92. The number of halogens is 1. The largest absolute Gasteiger partial charge is 0.490 e. The van der Waals surface area contributed by atoms with Crippen LogP contribution in [0.25, 0.3) is 0 Å². The van der Waals surface area contributed by atoms with Crippen molar-refractivity contribution in [2.45, 2.75) is 32.4 Å². The van der Waals surface area contributed by atoms with Crippen LogP contribution in [0.5, 0.6) is 5.75 Å².